The zero-order valence-corrected chi connectivity index (χ0v) is 14.8. The van der Waals surface area contributed by atoms with Crippen molar-refractivity contribution < 1.29 is 9.47 Å². The van der Waals surface area contributed by atoms with Gasteiger partial charge in [-0.3, -0.25) is 4.99 Å². The fraction of sp³-hybridized carbons (Fsp3) is 0.500. The molecular weight excluding hydrogens is 369 g/mol. The van der Waals surface area contributed by atoms with Crippen molar-refractivity contribution in [3.8, 4) is 5.75 Å². The molecule has 5 nitrogen and oxygen atoms in total. The molecule has 0 aliphatic carbocycles. The van der Waals surface area contributed by atoms with E-state index in [-0.39, 0.29) is 30.0 Å². The van der Waals surface area contributed by atoms with Crippen molar-refractivity contribution >= 4 is 29.9 Å². The maximum atomic E-state index is 5.19. The molecule has 0 heterocycles. The predicted octanol–water partition coefficient (Wildman–Crippen LogP) is 2.01. The Balaban J connectivity index is 0.00000361. The fourth-order valence-electron chi connectivity index (χ4n) is 1.69. The molecule has 1 aromatic carbocycles. The van der Waals surface area contributed by atoms with Gasteiger partial charge in [-0.15, -0.1) is 24.0 Å². The van der Waals surface area contributed by atoms with E-state index in [0.717, 1.165) is 17.3 Å². The van der Waals surface area contributed by atoms with Crippen LogP contribution in [0.1, 0.15) is 12.5 Å². The molecule has 0 bridgehead atoms. The van der Waals surface area contributed by atoms with E-state index >= 15 is 0 Å². The first-order chi connectivity index (χ1) is 9.19. The molecule has 0 aromatic heterocycles. The Morgan fingerprint density at radius 3 is 2.70 bits per heavy atom. The molecule has 2 N–H and O–H groups in total. The van der Waals surface area contributed by atoms with Crippen LogP contribution in [0.3, 0.4) is 0 Å². The summed E-state index contributed by atoms with van der Waals surface area (Å²) in [6.45, 7) is 3.37. The highest BCUT2D eigenvalue weighted by atomic mass is 127. The lowest BCUT2D eigenvalue weighted by Crippen LogP contribution is -2.43. The van der Waals surface area contributed by atoms with Crippen molar-refractivity contribution in [3.05, 3.63) is 29.8 Å². The number of methoxy groups -OCH3 is 2. The van der Waals surface area contributed by atoms with Crippen LogP contribution in [-0.4, -0.2) is 39.9 Å². The van der Waals surface area contributed by atoms with Gasteiger partial charge < -0.3 is 20.1 Å². The second-order valence-corrected chi connectivity index (χ2v) is 4.28. The molecule has 6 heteroatoms. The van der Waals surface area contributed by atoms with Gasteiger partial charge in [-0.1, -0.05) is 12.1 Å². The number of aliphatic imine (C=N–C) groups is 1. The van der Waals surface area contributed by atoms with E-state index in [0.29, 0.717) is 13.2 Å². The smallest absolute Gasteiger partial charge is 0.191 e. The average Bonchev–Trinajstić information content (AvgIpc) is 2.44. The normalized spacial score (nSPS) is 12.3. The standard InChI is InChI=1S/C14H23N3O2.HI/c1-11(10-18-3)17-14(15-2)16-9-12-6-5-7-13(8-12)19-4;/h5-8,11H,9-10H2,1-4H3,(H2,15,16,17);1H. The average molecular weight is 393 g/mol. The zero-order valence-electron chi connectivity index (χ0n) is 12.5. The molecule has 1 atom stereocenters. The van der Waals surface area contributed by atoms with Crippen LogP contribution in [0.2, 0.25) is 0 Å². The summed E-state index contributed by atoms with van der Waals surface area (Å²) < 4.78 is 10.3. The molecular formula is C14H24IN3O2. The number of ether oxygens (including phenoxy) is 2. The second-order valence-electron chi connectivity index (χ2n) is 4.28. The highest BCUT2D eigenvalue weighted by Crippen LogP contribution is 2.11. The van der Waals surface area contributed by atoms with Gasteiger partial charge in [0, 0.05) is 26.7 Å². The van der Waals surface area contributed by atoms with Crippen molar-refractivity contribution in [1.82, 2.24) is 10.6 Å². The summed E-state index contributed by atoms with van der Waals surface area (Å²) in [6, 6.07) is 8.15. The Bertz CT molecular complexity index is 413. The summed E-state index contributed by atoms with van der Waals surface area (Å²) in [5, 5.41) is 6.50. The van der Waals surface area contributed by atoms with Crippen molar-refractivity contribution in [3.63, 3.8) is 0 Å². The van der Waals surface area contributed by atoms with Crippen molar-refractivity contribution in [1.29, 1.82) is 0 Å². The van der Waals surface area contributed by atoms with Crippen molar-refractivity contribution in [2.45, 2.75) is 19.5 Å². The molecule has 0 aliphatic rings. The minimum absolute atomic E-state index is 0. The molecule has 1 aromatic rings. The number of halogens is 1. The van der Waals surface area contributed by atoms with Crippen molar-refractivity contribution in [2.75, 3.05) is 27.9 Å². The van der Waals surface area contributed by atoms with Crippen LogP contribution in [0.15, 0.2) is 29.3 Å². The molecule has 0 spiro atoms. The lowest BCUT2D eigenvalue weighted by Gasteiger charge is -2.17. The lowest BCUT2D eigenvalue weighted by molar-refractivity contribution is 0.179. The fourth-order valence-corrected chi connectivity index (χ4v) is 1.69. The SMILES string of the molecule is CN=C(NCc1cccc(OC)c1)NC(C)COC.I. The van der Waals surface area contributed by atoms with Crippen LogP contribution in [-0.2, 0) is 11.3 Å². The first-order valence-corrected chi connectivity index (χ1v) is 6.28. The number of benzene rings is 1. The van der Waals surface area contributed by atoms with Crippen LogP contribution in [0.25, 0.3) is 0 Å². The van der Waals surface area contributed by atoms with Gasteiger partial charge in [0.25, 0.3) is 0 Å². The molecule has 114 valence electrons. The van der Waals surface area contributed by atoms with Gasteiger partial charge in [-0.2, -0.15) is 0 Å². The number of rotatable bonds is 6. The summed E-state index contributed by atoms with van der Waals surface area (Å²) in [5.41, 5.74) is 1.14. The number of guanidine groups is 1. The summed E-state index contributed by atoms with van der Waals surface area (Å²) in [5.74, 6) is 1.61. The Morgan fingerprint density at radius 2 is 2.10 bits per heavy atom. The summed E-state index contributed by atoms with van der Waals surface area (Å²) in [7, 11) is 5.10. The monoisotopic (exact) mass is 393 g/mol. The van der Waals surface area contributed by atoms with E-state index in [4.69, 9.17) is 9.47 Å². The Labute approximate surface area is 138 Å². The molecule has 0 fully saturated rings. The molecule has 1 rings (SSSR count). The number of hydrogen-bond donors (Lipinski definition) is 2. The lowest BCUT2D eigenvalue weighted by atomic mass is 10.2. The minimum atomic E-state index is 0. The Morgan fingerprint density at radius 1 is 1.35 bits per heavy atom. The molecule has 20 heavy (non-hydrogen) atoms. The highest BCUT2D eigenvalue weighted by Gasteiger charge is 2.04. The van der Waals surface area contributed by atoms with Gasteiger partial charge in [0.1, 0.15) is 5.75 Å². The third-order valence-electron chi connectivity index (χ3n) is 2.62. The number of nitrogens with zero attached hydrogens (tertiary/aromatic N) is 1. The zero-order chi connectivity index (χ0) is 14.1. The molecule has 0 aliphatic heterocycles. The van der Waals surface area contributed by atoms with E-state index in [1.54, 1.807) is 21.3 Å². The first kappa shape index (κ1) is 19.0. The summed E-state index contributed by atoms with van der Waals surface area (Å²) >= 11 is 0. The van der Waals surface area contributed by atoms with Crippen molar-refractivity contribution in [2.24, 2.45) is 4.99 Å². The maximum Gasteiger partial charge on any atom is 0.191 e. The van der Waals surface area contributed by atoms with Crippen LogP contribution in [0.5, 0.6) is 5.75 Å². The predicted molar refractivity (Wildman–Crippen MR) is 93.1 cm³/mol. The van der Waals surface area contributed by atoms with Gasteiger partial charge in [0.2, 0.25) is 0 Å². The van der Waals surface area contributed by atoms with E-state index in [1.165, 1.54) is 0 Å². The van der Waals surface area contributed by atoms with E-state index in [1.807, 2.05) is 31.2 Å². The van der Waals surface area contributed by atoms with Gasteiger partial charge in [0.05, 0.1) is 13.7 Å². The van der Waals surface area contributed by atoms with Crippen LogP contribution < -0.4 is 15.4 Å². The minimum Gasteiger partial charge on any atom is -0.497 e. The Hall–Kier alpha value is -1.02. The molecule has 0 amide bonds. The van der Waals surface area contributed by atoms with Crippen LogP contribution >= 0.6 is 24.0 Å². The van der Waals surface area contributed by atoms with Crippen LogP contribution in [0, 0.1) is 0 Å². The van der Waals surface area contributed by atoms with Gasteiger partial charge in [-0.05, 0) is 24.6 Å². The third kappa shape index (κ3) is 6.95. The number of nitrogens with one attached hydrogen (secondary N) is 2. The third-order valence-corrected chi connectivity index (χ3v) is 2.62. The van der Waals surface area contributed by atoms with Crippen LogP contribution in [0.4, 0.5) is 0 Å². The molecule has 0 saturated carbocycles. The largest absolute Gasteiger partial charge is 0.497 e. The molecule has 1 unspecified atom stereocenters. The summed E-state index contributed by atoms with van der Waals surface area (Å²) in [4.78, 5) is 4.18. The summed E-state index contributed by atoms with van der Waals surface area (Å²) in [6.07, 6.45) is 0. The number of hydrogen-bond acceptors (Lipinski definition) is 3. The van der Waals surface area contributed by atoms with E-state index < -0.39 is 0 Å². The van der Waals surface area contributed by atoms with Gasteiger partial charge in [-0.25, -0.2) is 0 Å². The quantitative estimate of drug-likeness (QED) is 0.441. The van der Waals surface area contributed by atoms with Gasteiger partial charge >= 0.3 is 0 Å². The van der Waals surface area contributed by atoms with E-state index in [2.05, 4.69) is 15.6 Å². The first-order valence-electron chi connectivity index (χ1n) is 6.28. The Kier molecular flexibility index (Phi) is 10.2. The van der Waals surface area contributed by atoms with Gasteiger partial charge in [0.15, 0.2) is 5.96 Å². The maximum absolute atomic E-state index is 5.19. The topological polar surface area (TPSA) is 54.9 Å². The van der Waals surface area contributed by atoms with E-state index in [9.17, 15) is 0 Å². The molecule has 0 radical (unpaired) electrons. The second kappa shape index (κ2) is 10.7. The molecule has 0 saturated heterocycles. The highest BCUT2D eigenvalue weighted by molar-refractivity contribution is 14.0.